The zero-order valence-corrected chi connectivity index (χ0v) is 27.8. The van der Waals surface area contributed by atoms with Gasteiger partial charge in [-0.3, -0.25) is 4.90 Å². The van der Waals surface area contributed by atoms with Crippen molar-refractivity contribution in [1.29, 1.82) is 0 Å². The topological polar surface area (TPSA) is 47.0 Å². The van der Waals surface area contributed by atoms with Crippen molar-refractivity contribution < 1.29 is 9.47 Å². The SMILES string of the molecule is CC(C)(C)c1ccnc(N2c3ccccc3C(C)(C)c3ccc(Oc4cc(C5=N[C@@H]6CCC[C@@H]6O5)cc(-c5ccccc5)c4)cc32)c1. The molecule has 1 aromatic heterocycles. The number of ether oxygens (including phenoxy) is 2. The third-order valence-corrected chi connectivity index (χ3v) is 10.0. The standard InChI is InChI=1S/C42H41N3O2/c1-41(2,3)30-20-21-43-39(25-30)45-36-16-10-9-14-33(36)42(4,5)34-19-18-31(26-37(34)45)46-32-23-28(27-12-7-6-8-13-27)22-29(24-32)40-44-35-15-11-17-38(35)47-40/h6-10,12-14,16,18-26,35,38H,11,15,17H2,1-5H3/t35-,38+/m1/s1. The molecule has 47 heavy (non-hydrogen) atoms. The molecule has 1 aliphatic carbocycles. The second kappa shape index (κ2) is 11.1. The van der Waals surface area contributed by atoms with Crippen LogP contribution >= 0.6 is 0 Å². The number of para-hydroxylation sites is 1. The highest BCUT2D eigenvalue weighted by atomic mass is 16.5. The summed E-state index contributed by atoms with van der Waals surface area (Å²) in [7, 11) is 0. The molecule has 1 fully saturated rings. The van der Waals surface area contributed by atoms with Crippen LogP contribution in [0, 0.1) is 0 Å². The largest absolute Gasteiger partial charge is 0.472 e. The minimum Gasteiger partial charge on any atom is -0.472 e. The van der Waals surface area contributed by atoms with Gasteiger partial charge in [0.2, 0.25) is 5.90 Å². The van der Waals surface area contributed by atoms with Gasteiger partial charge in [-0.1, -0.05) is 89.2 Å². The first-order chi connectivity index (χ1) is 22.6. The molecule has 2 atom stereocenters. The van der Waals surface area contributed by atoms with E-state index in [0.29, 0.717) is 0 Å². The van der Waals surface area contributed by atoms with E-state index in [1.165, 1.54) is 23.1 Å². The molecule has 236 valence electrons. The molecule has 0 spiro atoms. The van der Waals surface area contributed by atoms with Crippen molar-refractivity contribution in [1.82, 2.24) is 4.98 Å². The number of aliphatic imine (C=N–C) groups is 1. The highest BCUT2D eigenvalue weighted by Crippen LogP contribution is 2.52. The van der Waals surface area contributed by atoms with E-state index in [1.54, 1.807) is 0 Å². The average molecular weight is 620 g/mol. The quantitative estimate of drug-likeness (QED) is 0.196. The first-order valence-corrected chi connectivity index (χ1v) is 16.8. The van der Waals surface area contributed by atoms with Crippen LogP contribution in [0.3, 0.4) is 0 Å². The summed E-state index contributed by atoms with van der Waals surface area (Å²) in [5.41, 5.74) is 8.87. The normalized spacial score (nSPS) is 19.3. The van der Waals surface area contributed by atoms with Gasteiger partial charge in [-0.15, -0.1) is 0 Å². The molecule has 3 aliphatic rings. The molecule has 3 heterocycles. The first-order valence-electron chi connectivity index (χ1n) is 16.8. The van der Waals surface area contributed by atoms with Gasteiger partial charge in [0.05, 0.1) is 17.4 Å². The summed E-state index contributed by atoms with van der Waals surface area (Å²) in [5.74, 6) is 3.13. The highest BCUT2D eigenvalue weighted by molar-refractivity contribution is 5.97. The number of rotatable bonds is 5. The van der Waals surface area contributed by atoms with Gasteiger partial charge in [0.25, 0.3) is 0 Å². The lowest BCUT2D eigenvalue weighted by Crippen LogP contribution is -2.31. The second-order valence-corrected chi connectivity index (χ2v) is 14.6. The Morgan fingerprint density at radius 2 is 1.51 bits per heavy atom. The molecule has 0 bridgehead atoms. The van der Waals surface area contributed by atoms with Crippen LogP contribution in [0.25, 0.3) is 11.1 Å². The van der Waals surface area contributed by atoms with E-state index in [1.807, 2.05) is 12.3 Å². The van der Waals surface area contributed by atoms with Crippen molar-refractivity contribution in [2.75, 3.05) is 4.90 Å². The number of anilines is 3. The molecule has 5 aromatic rings. The van der Waals surface area contributed by atoms with Crippen LogP contribution in [0.1, 0.15) is 76.1 Å². The van der Waals surface area contributed by atoms with Gasteiger partial charge in [-0.2, -0.15) is 0 Å². The summed E-state index contributed by atoms with van der Waals surface area (Å²) < 4.78 is 13.1. The molecular formula is C42H41N3O2. The van der Waals surface area contributed by atoms with Gasteiger partial charge in [0, 0.05) is 23.2 Å². The molecule has 1 saturated carbocycles. The Bertz CT molecular complexity index is 2010. The number of benzene rings is 4. The van der Waals surface area contributed by atoms with E-state index in [-0.39, 0.29) is 23.0 Å². The minimum absolute atomic E-state index is 0.00643. The van der Waals surface area contributed by atoms with Gasteiger partial charge in [0.1, 0.15) is 23.4 Å². The number of hydrogen-bond donors (Lipinski definition) is 0. The fourth-order valence-corrected chi connectivity index (χ4v) is 7.39. The lowest BCUT2D eigenvalue weighted by molar-refractivity contribution is 0.211. The molecular weight excluding hydrogens is 578 g/mol. The van der Waals surface area contributed by atoms with Crippen LogP contribution in [-0.2, 0) is 15.6 Å². The zero-order valence-electron chi connectivity index (χ0n) is 27.8. The number of aromatic nitrogens is 1. The maximum Gasteiger partial charge on any atom is 0.216 e. The Labute approximate surface area is 277 Å². The van der Waals surface area contributed by atoms with Gasteiger partial charge in [-0.05, 0) is 95.0 Å². The third kappa shape index (κ3) is 5.28. The summed E-state index contributed by atoms with van der Waals surface area (Å²) in [6.45, 7) is 11.3. The lowest BCUT2D eigenvalue weighted by atomic mass is 9.73. The molecule has 5 nitrogen and oxygen atoms in total. The summed E-state index contributed by atoms with van der Waals surface area (Å²) >= 11 is 0. The maximum atomic E-state index is 6.76. The fourth-order valence-electron chi connectivity index (χ4n) is 7.39. The first kappa shape index (κ1) is 29.5. The van der Waals surface area contributed by atoms with E-state index in [4.69, 9.17) is 19.5 Å². The van der Waals surface area contributed by atoms with E-state index in [2.05, 4.69) is 137 Å². The van der Waals surface area contributed by atoms with Gasteiger partial charge in [-0.25, -0.2) is 9.98 Å². The van der Waals surface area contributed by atoms with E-state index >= 15 is 0 Å². The molecule has 0 amide bonds. The molecule has 0 N–H and O–H groups in total. The zero-order chi connectivity index (χ0) is 32.3. The predicted molar refractivity (Wildman–Crippen MR) is 191 cm³/mol. The highest BCUT2D eigenvalue weighted by Gasteiger charge is 2.38. The Morgan fingerprint density at radius 1 is 0.745 bits per heavy atom. The van der Waals surface area contributed by atoms with Crippen molar-refractivity contribution in [3.8, 4) is 22.6 Å². The second-order valence-electron chi connectivity index (χ2n) is 14.6. The van der Waals surface area contributed by atoms with Crippen molar-refractivity contribution >= 4 is 23.1 Å². The fraction of sp³-hybridized carbons (Fsp3) is 0.286. The summed E-state index contributed by atoms with van der Waals surface area (Å²) in [6, 6.07) is 36.5. The number of hydrogen-bond acceptors (Lipinski definition) is 5. The van der Waals surface area contributed by atoms with Crippen molar-refractivity contribution in [3.63, 3.8) is 0 Å². The monoisotopic (exact) mass is 619 g/mol. The molecule has 2 aliphatic heterocycles. The van der Waals surface area contributed by atoms with Gasteiger partial charge < -0.3 is 9.47 Å². The smallest absolute Gasteiger partial charge is 0.216 e. The predicted octanol–water partition coefficient (Wildman–Crippen LogP) is 10.6. The Morgan fingerprint density at radius 3 is 2.32 bits per heavy atom. The summed E-state index contributed by atoms with van der Waals surface area (Å²) in [5, 5.41) is 0. The Kier molecular flexibility index (Phi) is 6.98. The van der Waals surface area contributed by atoms with Gasteiger partial charge in [0.15, 0.2) is 0 Å². The molecule has 5 heteroatoms. The van der Waals surface area contributed by atoms with Crippen LogP contribution in [0.2, 0.25) is 0 Å². The van der Waals surface area contributed by atoms with Gasteiger partial charge >= 0.3 is 0 Å². The molecule has 8 rings (SSSR count). The summed E-state index contributed by atoms with van der Waals surface area (Å²) in [4.78, 5) is 12.2. The van der Waals surface area contributed by atoms with Crippen molar-refractivity contribution in [2.24, 2.45) is 4.99 Å². The molecule has 0 saturated heterocycles. The maximum absolute atomic E-state index is 6.76. The van der Waals surface area contributed by atoms with Crippen LogP contribution < -0.4 is 9.64 Å². The molecule has 0 unspecified atom stereocenters. The number of pyridine rings is 1. The van der Waals surface area contributed by atoms with Crippen molar-refractivity contribution in [3.05, 3.63) is 132 Å². The van der Waals surface area contributed by atoms with E-state index in [0.717, 1.165) is 64.1 Å². The van der Waals surface area contributed by atoms with Crippen LogP contribution in [0.4, 0.5) is 17.2 Å². The average Bonchev–Trinajstić information content (AvgIpc) is 3.68. The van der Waals surface area contributed by atoms with Crippen LogP contribution in [0.5, 0.6) is 11.5 Å². The molecule has 4 aromatic carbocycles. The van der Waals surface area contributed by atoms with E-state index in [9.17, 15) is 0 Å². The van der Waals surface area contributed by atoms with E-state index < -0.39 is 0 Å². The molecule has 0 radical (unpaired) electrons. The van der Waals surface area contributed by atoms with Crippen LogP contribution in [-0.4, -0.2) is 23.0 Å². The summed E-state index contributed by atoms with van der Waals surface area (Å²) in [6.07, 6.45) is 5.46. The minimum atomic E-state index is -0.209. The Balaban J connectivity index is 1.23. The number of nitrogens with zero attached hydrogens (tertiary/aromatic N) is 3. The lowest BCUT2D eigenvalue weighted by Gasteiger charge is -2.41. The third-order valence-electron chi connectivity index (χ3n) is 10.0. The van der Waals surface area contributed by atoms with Crippen LogP contribution in [0.15, 0.2) is 114 Å². The Hall–Kier alpha value is -4.90. The van der Waals surface area contributed by atoms with Crippen molar-refractivity contribution in [2.45, 2.75) is 76.9 Å². The number of fused-ring (bicyclic) bond motifs is 3.